The third-order valence-corrected chi connectivity index (χ3v) is 4.21. The maximum absolute atomic E-state index is 11.8. The molecule has 0 bridgehead atoms. The smallest absolute Gasteiger partial charge is 0.326 e. The summed E-state index contributed by atoms with van der Waals surface area (Å²) in [6.07, 6.45) is 3.96. The van der Waals surface area contributed by atoms with Crippen LogP contribution < -0.4 is 5.32 Å². The summed E-state index contributed by atoms with van der Waals surface area (Å²) >= 11 is 1.80. The van der Waals surface area contributed by atoms with Gasteiger partial charge >= 0.3 is 12.0 Å². The number of carboxylic acid groups (broad SMARTS) is 1. The van der Waals surface area contributed by atoms with Crippen molar-refractivity contribution >= 4 is 23.8 Å². The number of amides is 2. The Morgan fingerprint density at radius 2 is 2.06 bits per heavy atom. The lowest BCUT2D eigenvalue weighted by Gasteiger charge is -2.32. The molecule has 104 valence electrons. The van der Waals surface area contributed by atoms with Crippen molar-refractivity contribution in [3.8, 4) is 0 Å². The Labute approximate surface area is 111 Å². The summed E-state index contributed by atoms with van der Waals surface area (Å²) in [6.45, 7) is 1.05. The first-order chi connectivity index (χ1) is 8.58. The molecule has 1 saturated heterocycles. The van der Waals surface area contributed by atoms with Crippen LogP contribution in [0.3, 0.4) is 0 Å². The van der Waals surface area contributed by atoms with Gasteiger partial charge in [-0.2, -0.15) is 11.8 Å². The van der Waals surface area contributed by atoms with E-state index in [9.17, 15) is 9.59 Å². The van der Waals surface area contributed by atoms with Crippen LogP contribution in [0, 0.1) is 0 Å². The molecular formula is C11H20N2O4S. The van der Waals surface area contributed by atoms with Crippen LogP contribution in [0.2, 0.25) is 0 Å². The molecule has 1 aliphatic heterocycles. The largest absolute Gasteiger partial charge is 0.480 e. The van der Waals surface area contributed by atoms with Gasteiger partial charge in [-0.3, -0.25) is 0 Å². The van der Waals surface area contributed by atoms with Crippen LogP contribution >= 0.6 is 11.8 Å². The number of urea groups is 1. The van der Waals surface area contributed by atoms with Crippen LogP contribution in [0.5, 0.6) is 0 Å². The molecule has 6 nitrogen and oxygen atoms in total. The molecule has 0 saturated carbocycles. The summed E-state index contributed by atoms with van der Waals surface area (Å²) < 4.78 is 0. The number of carbonyl (C=O) groups is 2. The Bertz CT molecular complexity index is 293. The Kier molecular flexibility index (Phi) is 6.28. The number of hydrogen-bond donors (Lipinski definition) is 3. The van der Waals surface area contributed by atoms with Gasteiger partial charge in [0.1, 0.15) is 6.04 Å². The number of carboxylic acids is 1. The van der Waals surface area contributed by atoms with Gasteiger partial charge < -0.3 is 20.4 Å². The summed E-state index contributed by atoms with van der Waals surface area (Å²) in [7, 11) is 0. The average molecular weight is 276 g/mol. The monoisotopic (exact) mass is 276 g/mol. The molecule has 3 N–H and O–H groups in total. The normalized spacial score (nSPS) is 18.4. The topological polar surface area (TPSA) is 89.9 Å². The average Bonchev–Trinajstić information content (AvgIpc) is 2.38. The fraction of sp³-hybridized carbons (Fsp3) is 0.818. The van der Waals surface area contributed by atoms with E-state index in [1.807, 2.05) is 0 Å². The highest BCUT2D eigenvalue weighted by molar-refractivity contribution is 7.99. The van der Waals surface area contributed by atoms with Crippen LogP contribution in [0.4, 0.5) is 4.79 Å². The van der Waals surface area contributed by atoms with Crippen molar-refractivity contribution in [3.63, 3.8) is 0 Å². The van der Waals surface area contributed by atoms with Gasteiger partial charge in [0, 0.05) is 31.4 Å². The lowest BCUT2D eigenvalue weighted by molar-refractivity contribution is -0.139. The molecule has 0 aromatic carbocycles. The number of likely N-dealkylation sites (tertiary alicyclic amines) is 1. The molecule has 1 rings (SSSR count). The van der Waals surface area contributed by atoms with Crippen molar-refractivity contribution in [1.82, 2.24) is 10.2 Å². The number of nitrogens with one attached hydrogen (secondary N) is 1. The third-order valence-electron chi connectivity index (χ3n) is 3.08. The van der Waals surface area contributed by atoms with Gasteiger partial charge in [-0.1, -0.05) is 0 Å². The van der Waals surface area contributed by atoms with Gasteiger partial charge in [-0.15, -0.1) is 0 Å². The molecule has 0 aromatic rings. The maximum atomic E-state index is 11.8. The number of rotatable bonds is 5. The lowest BCUT2D eigenvalue weighted by atomic mass is 10.1. The number of carbonyl (C=O) groups excluding carboxylic acids is 1. The van der Waals surface area contributed by atoms with Crippen molar-refractivity contribution in [2.24, 2.45) is 0 Å². The highest BCUT2D eigenvalue weighted by Gasteiger charge is 2.26. The number of aliphatic carboxylic acids is 1. The molecule has 0 aromatic heterocycles. The van der Waals surface area contributed by atoms with Gasteiger partial charge in [0.2, 0.25) is 0 Å². The predicted molar refractivity (Wildman–Crippen MR) is 69.8 cm³/mol. The maximum Gasteiger partial charge on any atom is 0.326 e. The molecule has 7 heteroatoms. The molecule has 0 radical (unpaired) electrons. The lowest BCUT2D eigenvalue weighted by Crippen LogP contribution is -2.50. The van der Waals surface area contributed by atoms with Crippen molar-refractivity contribution in [3.05, 3.63) is 0 Å². The quantitative estimate of drug-likeness (QED) is 0.674. The molecule has 1 unspecified atom stereocenters. The number of nitrogens with zero attached hydrogens (tertiary/aromatic N) is 1. The van der Waals surface area contributed by atoms with Gasteiger partial charge in [-0.05, 0) is 19.1 Å². The van der Waals surface area contributed by atoms with Gasteiger partial charge in [0.25, 0.3) is 0 Å². The Morgan fingerprint density at radius 1 is 1.44 bits per heavy atom. The van der Waals surface area contributed by atoms with E-state index in [0.29, 0.717) is 18.3 Å². The second-order valence-corrected chi connectivity index (χ2v) is 5.41. The minimum Gasteiger partial charge on any atom is -0.480 e. The Morgan fingerprint density at radius 3 is 2.50 bits per heavy atom. The Balaban J connectivity index is 2.42. The number of piperidine rings is 1. The van der Waals surface area contributed by atoms with E-state index >= 15 is 0 Å². The summed E-state index contributed by atoms with van der Waals surface area (Å²) in [6, 6.07) is -1.36. The molecule has 2 amide bonds. The molecule has 18 heavy (non-hydrogen) atoms. The minimum absolute atomic E-state index is 0.0301. The SMILES string of the molecule is CSC1CCN(C(=O)NC(CCO)C(=O)O)CC1. The van der Waals surface area contributed by atoms with E-state index in [1.54, 1.807) is 16.7 Å². The third kappa shape index (κ3) is 4.38. The molecule has 1 atom stereocenters. The molecule has 0 aliphatic carbocycles. The standard InChI is InChI=1S/C11H20N2O4S/c1-18-8-2-5-13(6-3-8)11(17)12-9(4-7-14)10(15)16/h8-9,14H,2-7H2,1H3,(H,12,17)(H,15,16). The zero-order valence-corrected chi connectivity index (χ0v) is 11.3. The fourth-order valence-electron chi connectivity index (χ4n) is 1.92. The van der Waals surface area contributed by atoms with Crippen LogP contribution in [-0.4, -0.2) is 64.4 Å². The van der Waals surface area contributed by atoms with E-state index in [2.05, 4.69) is 11.6 Å². The molecule has 0 spiro atoms. The van der Waals surface area contributed by atoms with Crippen LogP contribution in [-0.2, 0) is 4.79 Å². The number of hydrogen-bond acceptors (Lipinski definition) is 4. The Hall–Kier alpha value is -0.950. The highest BCUT2D eigenvalue weighted by Crippen LogP contribution is 2.20. The number of aliphatic hydroxyl groups excluding tert-OH is 1. The predicted octanol–water partition coefficient (Wildman–Crippen LogP) is 0.359. The summed E-state index contributed by atoms with van der Waals surface area (Å²) in [5, 5.41) is 20.7. The van der Waals surface area contributed by atoms with Crippen molar-refractivity contribution in [1.29, 1.82) is 0 Å². The van der Waals surface area contributed by atoms with E-state index in [-0.39, 0.29) is 19.1 Å². The summed E-state index contributed by atoms with van der Waals surface area (Å²) in [4.78, 5) is 24.3. The second kappa shape index (κ2) is 7.48. The second-order valence-electron chi connectivity index (χ2n) is 4.27. The summed E-state index contributed by atoms with van der Waals surface area (Å²) in [5.74, 6) is -1.11. The number of thioether (sulfide) groups is 1. The minimum atomic E-state index is -1.11. The van der Waals surface area contributed by atoms with E-state index < -0.39 is 12.0 Å². The molecule has 1 aliphatic rings. The van der Waals surface area contributed by atoms with E-state index in [0.717, 1.165) is 12.8 Å². The van der Waals surface area contributed by atoms with Gasteiger partial charge in [-0.25, -0.2) is 9.59 Å². The molecule has 1 fully saturated rings. The highest BCUT2D eigenvalue weighted by atomic mass is 32.2. The van der Waals surface area contributed by atoms with Crippen molar-refractivity contribution in [2.45, 2.75) is 30.6 Å². The number of aliphatic hydroxyl groups is 1. The van der Waals surface area contributed by atoms with Crippen molar-refractivity contribution in [2.75, 3.05) is 26.0 Å². The first-order valence-electron chi connectivity index (χ1n) is 6.00. The summed E-state index contributed by atoms with van der Waals surface area (Å²) in [5.41, 5.74) is 0. The van der Waals surface area contributed by atoms with E-state index in [4.69, 9.17) is 10.2 Å². The zero-order chi connectivity index (χ0) is 13.5. The molecule has 1 heterocycles. The van der Waals surface area contributed by atoms with Crippen LogP contribution in [0.1, 0.15) is 19.3 Å². The van der Waals surface area contributed by atoms with Crippen LogP contribution in [0.15, 0.2) is 0 Å². The zero-order valence-electron chi connectivity index (χ0n) is 10.5. The molecular weight excluding hydrogens is 256 g/mol. The first kappa shape index (κ1) is 15.1. The van der Waals surface area contributed by atoms with Crippen molar-refractivity contribution < 1.29 is 19.8 Å². The van der Waals surface area contributed by atoms with E-state index in [1.165, 1.54) is 0 Å². The van der Waals surface area contributed by atoms with Gasteiger partial charge in [0.15, 0.2) is 0 Å². The fourth-order valence-corrected chi connectivity index (χ4v) is 2.60. The first-order valence-corrected chi connectivity index (χ1v) is 7.29. The van der Waals surface area contributed by atoms with Gasteiger partial charge in [0.05, 0.1) is 0 Å². The van der Waals surface area contributed by atoms with Crippen LogP contribution in [0.25, 0.3) is 0 Å².